The smallest absolute Gasteiger partial charge is 0.302 e. The van der Waals surface area contributed by atoms with E-state index in [1.807, 2.05) is 6.92 Å². The van der Waals surface area contributed by atoms with Crippen LogP contribution in [0.1, 0.15) is 53.9 Å². The molecule has 1 rings (SSSR count). The lowest BCUT2D eigenvalue weighted by molar-refractivity contribution is -0.156. The maximum atomic E-state index is 11.0. The zero-order chi connectivity index (χ0) is 13.2. The van der Waals surface area contributed by atoms with Gasteiger partial charge in [0.1, 0.15) is 6.10 Å². The van der Waals surface area contributed by atoms with Gasteiger partial charge in [-0.3, -0.25) is 4.79 Å². The van der Waals surface area contributed by atoms with Crippen LogP contribution in [0, 0.1) is 17.3 Å². The van der Waals surface area contributed by atoms with Crippen molar-refractivity contribution >= 4 is 5.97 Å². The summed E-state index contributed by atoms with van der Waals surface area (Å²) in [4.78, 5) is 11.0. The molecule has 4 atom stereocenters. The molecule has 0 amide bonds. The zero-order valence-electron chi connectivity index (χ0n) is 11.7. The molecule has 3 heteroatoms. The number of hydrogen-bond acceptors (Lipinski definition) is 3. The highest BCUT2D eigenvalue weighted by Gasteiger charge is 2.42. The van der Waals surface area contributed by atoms with Crippen molar-refractivity contribution in [3.63, 3.8) is 0 Å². The van der Waals surface area contributed by atoms with Crippen molar-refractivity contribution in [3.8, 4) is 0 Å². The zero-order valence-corrected chi connectivity index (χ0v) is 11.7. The molecular formula is C14H26O3. The Bertz CT molecular complexity index is 275. The first kappa shape index (κ1) is 14.5. The number of rotatable bonds is 3. The van der Waals surface area contributed by atoms with Crippen molar-refractivity contribution < 1.29 is 14.6 Å². The molecule has 1 saturated carbocycles. The number of aliphatic hydroxyl groups excluding tert-OH is 1. The lowest BCUT2D eigenvalue weighted by Gasteiger charge is -2.44. The lowest BCUT2D eigenvalue weighted by Crippen LogP contribution is -2.44. The summed E-state index contributed by atoms with van der Waals surface area (Å²) < 4.78 is 5.29. The van der Waals surface area contributed by atoms with Crippen LogP contribution < -0.4 is 0 Å². The Morgan fingerprint density at radius 1 is 1.41 bits per heavy atom. The first-order valence-electron chi connectivity index (χ1n) is 6.61. The summed E-state index contributed by atoms with van der Waals surface area (Å²) in [5.74, 6) is 0.658. The van der Waals surface area contributed by atoms with E-state index in [1.54, 1.807) is 0 Å². The number of aliphatic hydroxyl groups is 1. The summed E-state index contributed by atoms with van der Waals surface area (Å²) in [5.41, 5.74) is -0.0868. The molecule has 0 aromatic carbocycles. The fraction of sp³-hybridized carbons (Fsp3) is 0.929. The van der Waals surface area contributed by atoms with Gasteiger partial charge in [-0.1, -0.05) is 20.8 Å². The van der Waals surface area contributed by atoms with Gasteiger partial charge in [0.05, 0.1) is 6.10 Å². The highest BCUT2D eigenvalue weighted by molar-refractivity contribution is 5.66. The molecule has 3 nitrogen and oxygen atoms in total. The normalized spacial score (nSPS) is 35.7. The molecule has 1 aliphatic rings. The van der Waals surface area contributed by atoms with Gasteiger partial charge in [-0.05, 0) is 38.0 Å². The van der Waals surface area contributed by atoms with Crippen LogP contribution in [0.3, 0.4) is 0 Å². The molecule has 1 unspecified atom stereocenters. The molecule has 0 spiro atoms. The highest BCUT2D eigenvalue weighted by Crippen LogP contribution is 2.44. The molecule has 0 radical (unpaired) electrons. The lowest BCUT2D eigenvalue weighted by atomic mass is 9.65. The van der Waals surface area contributed by atoms with Crippen molar-refractivity contribution in [2.45, 2.75) is 66.1 Å². The molecule has 17 heavy (non-hydrogen) atoms. The first-order valence-corrected chi connectivity index (χ1v) is 6.61. The van der Waals surface area contributed by atoms with Crippen LogP contribution in [0.4, 0.5) is 0 Å². The Kier molecular flexibility index (Phi) is 4.59. The fourth-order valence-electron chi connectivity index (χ4n) is 2.96. The van der Waals surface area contributed by atoms with E-state index < -0.39 is 0 Å². The van der Waals surface area contributed by atoms with E-state index >= 15 is 0 Å². The van der Waals surface area contributed by atoms with E-state index in [9.17, 15) is 9.90 Å². The van der Waals surface area contributed by atoms with Gasteiger partial charge in [0.2, 0.25) is 0 Å². The number of esters is 1. The summed E-state index contributed by atoms with van der Waals surface area (Å²) in [7, 11) is 0. The van der Waals surface area contributed by atoms with E-state index in [4.69, 9.17) is 4.74 Å². The summed E-state index contributed by atoms with van der Waals surface area (Å²) >= 11 is 0. The summed E-state index contributed by atoms with van der Waals surface area (Å²) in [6.07, 6.45) is 2.36. The van der Waals surface area contributed by atoms with Gasteiger partial charge in [0.15, 0.2) is 0 Å². The molecular weight excluding hydrogens is 216 g/mol. The van der Waals surface area contributed by atoms with Crippen LogP contribution in [0.15, 0.2) is 0 Å². The van der Waals surface area contributed by atoms with Crippen LogP contribution in [-0.4, -0.2) is 23.3 Å². The maximum absolute atomic E-state index is 11.0. The first-order chi connectivity index (χ1) is 7.76. The third-order valence-corrected chi connectivity index (χ3v) is 4.40. The van der Waals surface area contributed by atoms with E-state index in [1.165, 1.54) is 6.92 Å². The van der Waals surface area contributed by atoms with Crippen molar-refractivity contribution in [1.29, 1.82) is 0 Å². The quantitative estimate of drug-likeness (QED) is 0.774. The van der Waals surface area contributed by atoms with Crippen LogP contribution in [-0.2, 0) is 9.53 Å². The van der Waals surface area contributed by atoms with Crippen molar-refractivity contribution in [1.82, 2.24) is 0 Å². The number of ether oxygens (including phenoxy) is 1. The van der Waals surface area contributed by atoms with Crippen LogP contribution in [0.2, 0.25) is 0 Å². The third kappa shape index (κ3) is 3.44. The van der Waals surface area contributed by atoms with E-state index in [0.717, 1.165) is 19.3 Å². The second kappa shape index (κ2) is 5.38. The van der Waals surface area contributed by atoms with Crippen LogP contribution in [0.25, 0.3) is 0 Å². The molecule has 1 aliphatic carbocycles. The Morgan fingerprint density at radius 3 is 2.41 bits per heavy atom. The second-order valence-electron chi connectivity index (χ2n) is 6.12. The van der Waals surface area contributed by atoms with Crippen LogP contribution in [0.5, 0.6) is 0 Å². The fourth-order valence-corrected chi connectivity index (χ4v) is 2.96. The number of hydrogen-bond donors (Lipinski definition) is 1. The molecule has 0 aromatic rings. The molecule has 1 N–H and O–H groups in total. The Labute approximate surface area is 105 Å². The molecule has 0 aromatic heterocycles. The van der Waals surface area contributed by atoms with E-state index in [0.29, 0.717) is 11.8 Å². The monoisotopic (exact) mass is 242 g/mol. The molecule has 0 aliphatic heterocycles. The van der Waals surface area contributed by atoms with Gasteiger partial charge in [-0.15, -0.1) is 0 Å². The van der Waals surface area contributed by atoms with Gasteiger partial charge in [0.25, 0.3) is 0 Å². The molecule has 0 heterocycles. The minimum atomic E-state index is -0.272. The number of carbonyl (C=O) groups excluding carboxylic acids is 1. The predicted molar refractivity (Wildman–Crippen MR) is 67.5 cm³/mol. The summed E-state index contributed by atoms with van der Waals surface area (Å²) in [6, 6.07) is 0. The largest absolute Gasteiger partial charge is 0.462 e. The maximum Gasteiger partial charge on any atom is 0.302 e. The average molecular weight is 242 g/mol. The molecule has 0 bridgehead atoms. The topological polar surface area (TPSA) is 46.5 Å². The third-order valence-electron chi connectivity index (χ3n) is 4.40. The molecule has 1 fully saturated rings. The Morgan fingerprint density at radius 2 is 2.00 bits per heavy atom. The van der Waals surface area contributed by atoms with Gasteiger partial charge >= 0.3 is 5.97 Å². The standard InChI is InChI=1S/C14H26O3/c1-9(2)12-6-7-14(5,8-13(12)16)10(3)17-11(4)15/h9-10,12-13,16H,6-8H2,1-5H3/t10?,12-,13+,14+/m0/s1. The van der Waals surface area contributed by atoms with Gasteiger partial charge in [-0.2, -0.15) is 0 Å². The van der Waals surface area contributed by atoms with Crippen molar-refractivity contribution in [2.24, 2.45) is 17.3 Å². The second-order valence-corrected chi connectivity index (χ2v) is 6.12. The van der Waals surface area contributed by atoms with Gasteiger partial charge in [0, 0.05) is 12.3 Å². The van der Waals surface area contributed by atoms with Gasteiger partial charge in [-0.25, -0.2) is 0 Å². The average Bonchev–Trinajstić information content (AvgIpc) is 2.15. The minimum absolute atomic E-state index is 0.0868. The van der Waals surface area contributed by atoms with Gasteiger partial charge < -0.3 is 9.84 Å². The van der Waals surface area contributed by atoms with Crippen LogP contribution >= 0.6 is 0 Å². The predicted octanol–water partition coefficient (Wildman–Crippen LogP) is 2.76. The Balaban J connectivity index is 2.65. The minimum Gasteiger partial charge on any atom is -0.462 e. The highest BCUT2D eigenvalue weighted by atomic mass is 16.5. The van der Waals surface area contributed by atoms with Crippen molar-refractivity contribution in [2.75, 3.05) is 0 Å². The SMILES string of the molecule is CC(=O)OC(C)[C@]1(C)CC[C@@H](C(C)C)[C@H](O)C1. The van der Waals surface area contributed by atoms with E-state index in [-0.39, 0.29) is 23.6 Å². The van der Waals surface area contributed by atoms with Crippen molar-refractivity contribution in [3.05, 3.63) is 0 Å². The summed E-state index contributed by atoms with van der Waals surface area (Å²) in [6.45, 7) is 9.80. The molecule has 0 saturated heterocycles. The Hall–Kier alpha value is -0.570. The van der Waals surface area contributed by atoms with E-state index in [2.05, 4.69) is 20.8 Å². The molecule has 100 valence electrons. The number of carbonyl (C=O) groups is 1. The summed E-state index contributed by atoms with van der Waals surface area (Å²) in [5, 5.41) is 10.2.